The highest BCUT2D eigenvalue weighted by Gasteiger charge is 2.26. The van der Waals surface area contributed by atoms with Crippen molar-refractivity contribution >= 4 is 5.91 Å². The third kappa shape index (κ3) is 5.78. The number of amides is 1. The van der Waals surface area contributed by atoms with Crippen molar-refractivity contribution in [2.45, 2.75) is 31.8 Å². The average Bonchev–Trinajstić information content (AvgIpc) is 3.02. The predicted octanol–water partition coefficient (Wildman–Crippen LogP) is 2.89. The molecule has 1 aliphatic heterocycles. The van der Waals surface area contributed by atoms with Gasteiger partial charge in [0.1, 0.15) is 12.4 Å². The molecule has 1 aromatic heterocycles. The van der Waals surface area contributed by atoms with Crippen LogP contribution in [0, 0.1) is 0 Å². The fourth-order valence-electron chi connectivity index (χ4n) is 3.47. The first-order chi connectivity index (χ1) is 13.8. The molecule has 6 heteroatoms. The van der Waals surface area contributed by atoms with Crippen molar-refractivity contribution in [1.29, 1.82) is 0 Å². The zero-order valence-corrected chi connectivity index (χ0v) is 16.5. The van der Waals surface area contributed by atoms with Gasteiger partial charge in [-0.15, -0.1) is 0 Å². The minimum Gasteiger partial charge on any atom is -0.491 e. The van der Waals surface area contributed by atoms with Crippen molar-refractivity contribution in [2.75, 3.05) is 33.4 Å². The van der Waals surface area contributed by atoms with Crippen LogP contribution in [-0.4, -0.2) is 55.2 Å². The lowest BCUT2D eigenvalue weighted by Gasteiger charge is -2.31. The topological polar surface area (TPSA) is 63.7 Å². The number of ether oxygens (including phenoxy) is 2. The van der Waals surface area contributed by atoms with Crippen molar-refractivity contribution in [1.82, 2.24) is 15.2 Å². The number of hydrogen-bond acceptors (Lipinski definition) is 5. The summed E-state index contributed by atoms with van der Waals surface area (Å²) in [6.45, 7) is 3.42. The Hall–Kier alpha value is -2.44. The summed E-state index contributed by atoms with van der Waals surface area (Å²) in [7, 11) is 1.64. The van der Waals surface area contributed by atoms with Gasteiger partial charge in [0, 0.05) is 24.9 Å². The van der Waals surface area contributed by atoms with Gasteiger partial charge in [0.25, 0.3) is 5.91 Å². The van der Waals surface area contributed by atoms with E-state index in [0.29, 0.717) is 31.1 Å². The summed E-state index contributed by atoms with van der Waals surface area (Å²) < 4.78 is 10.7. The van der Waals surface area contributed by atoms with E-state index in [-0.39, 0.29) is 11.9 Å². The summed E-state index contributed by atoms with van der Waals surface area (Å²) >= 11 is 0. The predicted molar refractivity (Wildman–Crippen MR) is 108 cm³/mol. The van der Waals surface area contributed by atoms with E-state index < -0.39 is 0 Å². The normalized spacial score (nSPS) is 17.0. The van der Waals surface area contributed by atoms with Crippen LogP contribution in [0.5, 0.6) is 5.75 Å². The maximum absolute atomic E-state index is 13.4. The van der Waals surface area contributed by atoms with E-state index >= 15 is 0 Å². The second kappa shape index (κ2) is 10.8. The highest BCUT2D eigenvalue weighted by atomic mass is 16.5. The third-order valence-corrected chi connectivity index (χ3v) is 4.94. The highest BCUT2D eigenvalue weighted by Crippen LogP contribution is 2.21. The quantitative estimate of drug-likeness (QED) is 0.710. The van der Waals surface area contributed by atoms with Gasteiger partial charge in [-0.3, -0.25) is 9.78 Å². The van der Waals surface area contributed by atoms with Gasteiger partial charge in [0.05, 0.1) is 18.8 Å². The molecule has 3 rings (SSSR count). The van der Waals surface area contributed by atoms with Gasteiger partial charge in [-0.2, -0.15) is 0 Å². The molecule has 0 bridgehead atoms. The number of pyridine rings is 1. The Kier molecular flexibility index (Phi) is 7.82. The number of methoxy groups -OCH3 is 1. The molecule has 1 unspecified atom stereocenters. The van der Waals surface area contributed by atoms with E-state index in [4.69, 9.17) is 9.47 Å². The van der Waals surface area contributed by atoms with Gasteiger partial charge in [-0.1, -0.05) is 12.1 Å². The number of benzene rings is 1. The monoisotopic (exact) mass is 383 g/mol. The SMILES string of the molecule is COCCOc1cccc(C(=O)N(Cc2ccccn2)C2CCCNCC2)c1. The lowest BCUT2D eigenvalue weighted by Crippen LogP contribution is -2.40. The lowest BCUT2D eigenvalue weighted by molar-refractivity contribution is 0.0641. The summed E-state index contributed by atoms with van der Waals surface area (Å²) in [5, 5.41) is 3.43. The van der Waals surface area contributed by atoms with Crippen LogP contribution in [0.2, 0.25) is 0 Å². The molecule has 28 heavy (non-hydrogen) atoms. The van der Waals surface area contributed by atoms with Gasteiger partial charge in [0.15, 0.2) is 0 Å². The van der Waals surface area contributed by atoms with Crippen LogP contribution < -0.4 is 10.1 Å². The largest absolute Gasteiger partial charge is 0.491 e. The van der Waals surface area contributed by atoms with Crippen molar-refractivity contribution in [3.05, 3.63) is 59.9 Å². The number of aromatic nitrogens is 1. The van der Waals surface area contributed by atoms with Crippen molar-refractivity contribution in [2.24, 2.45) is 0 Å². The molecule has 0 radical (unpaired) electrons. The molecule has 1 saturated heterocycles. The Labute approximate surface area is 166 Å². The molecule has 1 fully saturated rings. The zero-order valence-electron chi connectivity index (χ0n) is 16.5. The summed E-state index contributed by atoms with van der Waals surface area (Å²) in [5.74, 6) is 0.706. The standard InChI is InChI=1S/C22H29N3O3/c1-27-14-15-28-21-9-4-6-18(16-21)22(26)25(17-19-7-2-3-12-24-19)20-8-5-11-23-13-10-20/h2-4,6-7,9,12,16,20,23H,5,8,10-11,13-15,17H2,1H3. The van der Waals surface area contributed by atoms with E-state index in [9.17, 15) is 4.79 Å². The van der Waals surface area contributed by atoms with Crippen LogP contribution in [0.1, 0.15) is 35.3 Å². The number of nitrogens with one attached hydrogen (secondary N) is 1. The maximum Gasteiger partial charge on any atom is 0.254 e. The molecule has 2 aromatic rings. The Morgan fingerprint density at radius 2 is 2.11 bits per heavy atom. The molecule has 1 amide bonds. The minimum absolute atomic E-state index is 0.0229. The fourth-order valence-corrected chi connectivity index (χ4v) is 3.47. The molecule has 0 spiro atoms. The molecule has 6 nitrogen and oxygen atoms in total. The highest BCUT2D eigenvalue weighted by molar-refractivity contribution is 5.94. The van der Waals surface area contributed by atoms with Crippen LogP contribution >= 0.6 is 0 Å². The van der Waals surface area contributed by atoms with E-state index in [0.717, 1.165) is 38.0 Å². The molecule has 0 aliphatic carbocycles. The van der Waals surface area contributed by atoms with Crippen LogP contribution in [0.3, 0.4) is 0 Å². The summed E-state index contributed by atoms with van der Waals surface area (Å²) in [6, 6.07) is 13.4. The van der Waals surface area contributed by atoms with Crippen molar-refractivity contribution < 1.29 is 14.3 Å². The zero-order chi connectivity index (χ0) is 19.6. The minimum atomic E-state index is 0.0229. The Balaban J connectivity index is 1.80. The average molecular weight is 383 g/mol. The number of nitrogens with zero attached hydrogens (tertiary/aromatic N) is 2. The Bertz CT molecular complexity index is 731. The molecular weight excluding hydrogens is 354 g/mol. The van der Waals surface area contributed by atoms with Crippen LogP contribution in [-0.2, 0) is 11.3 Å². The Morgan fingerprint density at radius 1 is 1.18 bits per heavy atom. The van der Waals surface area contributed by atoms with Crippen LogP contribution in [0.15, 0.2) is 48.7 Å². The van der Waals surface area contributed by atoms with E-state index in [1.165, 1.54) is 0 Å². The Morgan fingerprint density at radius 3 is 2.93 bits per heavy atom. The van der Waals surface area contributed by atoms with E-state index in [2.05, 4.69) is 10.3 Å². The lowest BCUT2D eigenvalue weighted by atomic mass is 10.0. The first kappa shape index (κ1) is 20.3. The molecule has 1 atom stereocenters. The molecule has 150 valence electrons. The van der Waals surface area contributed by atoms with Crippen LogP contribution in [0.4, 0.5) is 0 Å². The van der Waals surface area contributed by atoms with Gasteiger partial charge in [-0.05, 0) is 62.7 Å². The molecule has 0 saturated carbocycles. The van der Waals surface area contributed by atoms with Gasteiger partial charge < -0.3 is 19.7 Å². The molecule has 1 aliphatic rings. The van der Waals surface area contributed by atoms with E-state index in [1.807, 2.05) is 47.4 Å². The van der Waals surface area contributed by atoms with E-state index in [1.54, 1.807) is 13.3 Å². The number of rotatable bonds is 8. The van der Waals surface area contributed by atoms with Crippen molar-refractivity contribution in [3.8, 4) is 5.75 Å². The summed E-state index contributed by atoms with van der Waals surface area (Å²) in [6.07, 6.45) is 4.78. The number of carbonyl (C=O) groups excluding carboxylic acids is 1. The van der Waals surface area contributed by atoms with Gasteiger partial charge in [-0.25, -0.2) is 0 Å². The molecule has 1 aromatic carbocycles. The summed E-state index contributed by atoms with van der Waals surface area (Å²) in [4.78, 5) is 19.8. The van der Waals surface area contributed by atoms with Crippen molar-refractivity contribution in [3.63, 3.8) is 0 Å². The van der Waals surface area contributed by atoms with Crippen LogP contribution in [0.25, 0.3) is 0 Å². The summed E-state index contributed by atoms with van der Waals surface area (Å²) in [5.41, 5.74) is 1.55. The molecular formula is C22H29N3O3. The second-order valence-electron chi connectivity index (χ2n) is 6.96. The first-order valence-electron chi connectivity index (χ1n) is 9.91. The van der Waals surface area contributed by atoms with Gasteiger partial charge >= 0.3 is 0 Å². The number of hydrogen-bond donors (Lipinski definition) is 1. The smallest absolute Gasteiger partial charge is 0.254 e. The fraction of sp³-hybridized carbons (Fsp3) is 0.455. The third-order valence-electron chi connectivity index (χ3n) is 4.94. The molecule has 2 heterocycles. The first-order valence-corrected chi connectivity index (χ1v) is 9.91. The van der Waals surface area contributed by atoms with Gasteiger partial charge in [0.2, 0.25) is 0 Å². The maximum atomic E-state index is 13.4. The second-order valence-corrected chi connectivity index (χ2v) is 6.96. The molecule has 1 N–H and O–H groups in total. The number of carbonyl (C=O) groups is 1.